The first-order chi connectivity index (χ1) is 11.8. The van der Waals surface area contributed by atoms with Gasteiger partial charge in [-0.05, 0) is 48.4 Å². The van der Waals surface area contributed by atoms with Crippen LogP contribution in [0.25, 0.3) is 5.52 Å². The van der Waals surface area contributed by atoms with Crippen LogP contribution in [0.15, 0.2) is 54.7 Å². The summed E-state index contributed by atoms with van der Waals surface area (Å²) in [6.07, 6.45) is -2.64. The molecule has 0 spiro atoms. The molecule has 0 N–H and O–H groups in total. The first-order valence-electron chi connectivity index (χ1n) is 7.63. The van der Waals surface area contributed by atoms with Crippen LogP contribution in [0.4, 0.5) is 13.2 Å². The maximum atomic E-state index is 12.8. The highest BCUT2D eigenvalue weighted by atomic mass is 19.4. The largest absolute Gasteiger partial charge is 0.416 e. The summed E-state index contributed by atoms with van der Waals surface area (Å²) in [6.45, 7) is 1.45. The van der Waals surface area contributed by atoms with E-state index in [9.17, 15) is 23.3 Å². The van der Waals surface area contributed by atoms with E-state index in [1.807, 2.05) is 35.6 Å². The number of halogens is 3. The van der Waals surface area contributed by atoms with Gasteiger partial charge in [0.2, 0.25) is 6.54 Å². The van der Waals surface area contributed by atoms with Gasteiger partial charge in [-0.1, -0.05) is 18.2 Å². The molecule has 0 saturated heterocycles. The highest BCUT2D eigenvalue weighted by molar-refractivity contribution is 5.55. The number of aromatic nitrogens is 1. The Morgan fingerprint density at radius 1 is 1.16 bits per heavy atom. The molecule has 4 nitrogen and oxygen atoms in total. The molecule has 0 aliphatic heterocycles. The van der Waals surface area contributed by atoms with Gasteiger partial charge in [0.15, 0.2) is 0 Å². The molecule has 0 amide bonds. The summed E-state index contributed by atoms with van der Waals surface area (Å²) in [7, 11) is 0. The number of rotatable bonds is 4. The van der Waals surface area contributed by atoms with Crippen LogP contribution >= 0.6 is 0 Å². The molecule has 3 aromatic rings. The minimum absolute atomic E-state index is 0.396. The van der Waals surface area contributed by atoms with E-state index in [1.54, 1.807) is 6.20 Å². The minimum Gasteiger partial charge on any atom is -0.320 e. The summed E-state index contributed by atoms with van der Waals surface area (Å²) in [4.78, 5) is 10.7. The van der Waals surface area contributed by atoms with Gasteiger partial charge in [0, 0.05) is 22.3 Å². The van der Waals surface area contributed by atoms with E-state index in [1.165, 1.54) is 12.1 Å². The van der Waals surface area contributed by atoms with Crippen molar-refractivity contribution in [2.75, 3.05) is 6.54 Å². The van der Waals surface area contributed by atoms with E-state index in [-0.39, 0.29) is 0 Å². The number of hydrogen-bond donors (Lipinski definition) is 0. The molecular weight excluding hydrogens is 333 g/mol. The third-order valence-electron chi connectivity index (χ3n) is 4.22. The predicted octanol–water partition coefficient (Wildman–Crippen LogP) is 4.68. The molecule has 0 aliphatic rings. The summed E-state index contributed by atoms with van der Waals surface area (Å²) >= 11 is 0. The van der Waals surface area contributed by atoms with E-state index in [4.69, 9.17) is 0 Å². The number of fused-ring (bicyclic) bond motifs is 1. The number of alkyl halides is 3. The monoisotopic (exact) mass is 348 g/mol. The summed E-state index contributed by atoms with van der Waals surface area (Å²) in [5.41, 5.74) is 2.17. The molecule has 0 saturated carbocycles. The molecule has 0 radical (unpaired) electrons. The second kappa shape index (κ2) is 6.23. The highest BCUT2D eigenvalue weighted by Crippen LogP contribution is 2.33. The third-order valence-corrected chi connectivity index (χ3v) is 4.22. The molecule has 1 aromatic carbocycles. The van der Waals surface area contributed by atoms with Gasteiger partial charge in [-0.25, -0.2) is 0 Å². The Balaban J connectivity index is 2.11. The smallest absolute Gasteiger partial charge is 0.320 e. The fourth-order valence-electron chi connectivity index (χ4n) is 3.13. The molecule has 7 heteroatoms. The lowest BCUT2D eigenvalue weighted by molar-refractivity contribution is -0.482. The van der Waals surface area contributed by atoms with E-state index in [0.29, 0.717) is 11.3 Å². The van der Waals surface area contributed by atoms with Crippen molar-refractivity contribution in [3.05, 3.63) is 87.2 Å². The predicted molar refractivity (Wildman–Crippen MR) is 87.3 cm³/mol. The minimum atomic E-state index is -4.44. The van der Waals surface area contributed by atoms with Crippen molar-refractivity contribution < 1.29 is 18.1 Å². The molecule has 2 aromatic heterocycles. The van der Waals surface area contributed by atoms with Gasteiger partial charge in [0.25, 0.3) is 0 Å². The van der Waals surface area contributed by atoms with Gasteiger partial charge in [-0.2, -0.15) is 13.2 Å². The van der Waals surface area contributed by atoms with E-state index in [0.717, 1.165) is 23.2 Å². The third kappa shape index (κ3) is 3.35. The van der Waals surface area contributed by atoms with Gasteiger partial charge in [-0.15, -0.1) is 0 Å². The zero-order valence-electron chi connectivity index (χ0n) is 13.3. The highest BCUT2D eigenvalue weighted by Gasteiger charge is 2.31. The van der Waals surface area contributed by atoms with Crippen LogP contribution in [0.2, 0.25) is 0 Å². The molecule has 1 atom stereocenters. The van der Waals surface area contributed by atoms with Crippen LogP contribution in [0.1, 0.15) is 28.3 Å². The SMILES string of the molecule is Cc1cc2ccccn2c1[C@@H](C[N+](=O)[O-])c1ccc(C(F)(F)F)cc1. The van der Waals surface area contributed by atoms with E-state index in [2.05, 4.69) is 0 Å². The quantitative estimate of drug-likeness (QED) is 0.508. The van der Waals surface area contributed by atoms with Crippen molar-refractivity contribution in [2.45, 2.75) is 19.0 Å². The van der Waals surface area contributed by atoms with Crippen LogP contribution in [0.3, 0.4) is 0 Å². The average molecular weight is 348 g/mol. The molecular formula is C18H15F3N2O2. The van der Waals surface area contributed by atoms with Crippen molar-refractivity contribution >= 4 is 5.52 Å². The van der Waals surface area contributed by atoms with E-state index < -0.39 is 29.1 Å². The Kier molecular flexibility index (Phi) is 4.24. The lowest BCUT2D eigenvalue weighted by Gasteiger charge is -2.16. The second-order valence-corrected chi connectivity index (χ2v) is 5.90. The molecule has 0 unspecified atom stereocenters. The molecule has 130 valence electrons. The molecule has 0 aliphatic carbocycles. The Morgan fingerprint density at radius 3 is 2.44 bits per heavy atom. The van der Waals surface area contributed by atoms with Crippen molar-refractivity contribution in [3.63, 3.8) is 0 Å². The fraction of sp³-hybridized carbons (Fsp3) is 0.222. The number of nitrogens with zero attached hydrogens (tertiary/aromatic N) is 2. The second-order valence-electron chi connectivity index (χ2n) is 5.90. The van der Waals surface area contributed by atoms with Crippen LogP contribution in [-0.2, 0) is 6.18 Å². The summed E-state index contributed by atoms with van der Waals surface area (Å²) in [5, 5.41) is 11.2. The first-order valence-corrected chi connectivity index (χ1v) is 7.63. The van der Waals surface area contributed by atoms with Gasteiger partial charge in [-0.3, -0.25) is 10.1 Å². The zero-order valence-corrected chi connectivity index (χ0v) is 13.3. The Bertz CT molecular complexity index is 914. The zero-order chi connectivity index (χ0) is 18.2. The van der Waals surface area contributed by atoms with Crippen LogP contribution in [-0.4, -0.2) is 15.9 Å². The molecule has 3 rings (SSSR count). The lowest BCUT2D eigenvalue weighted by Crippen LogP contribution is -2.17. The number of nitro groups is 1. The molecule has 0 fully saturated rings. The first kappa shape index (κ1) is 17.0. The van der Waals surface area contributed by atoms with Crippen LogP contribution < -0.4 is 0 Å². The Hall–Kier alpha value is -2.83. The maximum absolute atomic E-state index is 12.8. The topological polar surface area (TPSA) is 47.5 Å². The van der Waals surface area contributed by atoms with Gasteiger partial charge in [0.1, 0.15) is 0 Å². The number of aryl methyl sites for hydroxylation is 1. The van der Waals surface area contributed by atoms with E-state index >= 15 is 0 Å². The lowest BCUT2D eigenvalue weighted by atomic mass is 9.92. The van der Waals surface area contributed by atoms with Gasteiger partial charge >= 0.3 is 6.18 Å². The van der Waals surface area contributed by atoms with Gasteiger partial charge < -0.3 is 4.40 Å². The van der Waals surface area contributed by atoms with Crippen molar-refractivity contribution in [1.82, 2.24) is 4.40 Å². The molecule has 0 bridgehead atoms. The van der Waals surface area contributed by atoms with Crippen molar-refractivity contribution in [2.24, 2.45) is 0 Å². The maximum Gasteiger partial charge on any atom is 0.416 e. The summed E-state index contributed by atoms with van der Waals surface area (Å²) in [5.74, 6) is -0.637. The Morgan fingerprint density at radius 2 is 1.84 bits per heavy atom. The van der Waals surface area contributed by atoms with Crippen molar-refractivity contribution in [3.8, 4) is 0 Å². The van der Waals surface area contributed by atoms with Crippen LogP contribution in [0.5, 0.6) is 0 Å². The fourth-order valence-corrected chi connectivity index (χ4v) is 3.13. The number of benzene rings is 1. The normalized spacial score (nSPS) is 13.1. The standard InChI is InChI=1S/C18H15F3N2O2/c1-12-10-15-4-2-3-9-22(15)17(12)16(11-23(24)25)13-5-7-14(8-6-13)18(19,20)21/h2-10,16H,11H2,1H3/t16-/m0/s1. The number of pyridine rings is 1. The van der Waals surface area contributed by atoms with Crippen LogP contribution in [0, 0.1) is 17.0 Å². The number of hydrogen-bond acceptors (Lipinski definition) is 2. The molecule has 2 heterocycles. The van der Waals surface area contributed by atoms with Gasteiger partial charge in [0.05, 0.1) is 11.5 Å². The van der Waals surface area contributed by atoms with Crippen molar-refractivity contribution in [1.29, 1.82) is 0 Å². The Labute approximate surface area is 141 Å². The summed E-state index contributed by atoms with van der Waals surface area (Å²) < 4.78 is 40.1. The molecule has 25 heavy (non-hydrogen) atoms. The summed E-state index contributed by atoms with van der Waals surface area (Å²) in [6, 6.07) is 12.0. The average Bonchev–Trinajstić information content (AvgIpc) is 2.87.